The summed E-state index contributed by atoms with van der Waals surface area (Å²) in [6.45, 7) is 1.61. The first-order valence-corrected chi connectivity index (χ1v) is 15.5. The Morgan fingerprint density at radius 3 is 2.54 bits per heavy atom. The van der Waals surface area contributed by atoms with E-state index in [1.54, 1.807) is 26.9 Å². The monoisotopic (exact) mass is 673 g/mol. The van der Waals surface area contributed by atoms with Crippen molar-refractivity contribution in [2.45, 2.75) is 55.8 Å². The van der Waals surface area contributed by atoms with Crippen LogP contribution in [0.3, 0.4) is 0 Å². The van der Waals surface area contributed by atoms with Crippen LogP contribution < -0.4 is 21.6 Å². The summed E-state index contributed by atoms with van der Waals surface area (Å²) in [5.74, 6) is -0.704. The van der Waals surface area contributed by atoms with Crippen LogP contribution in [0.5, 0.6) is 0 Å². The van der Waals surface area contributed by atoms with Crippen molar-refractivity contribution in [2.24, 2.45) is 0 Å². The molecule has 244 valence electrons. The van der Waals surface area contributed by atoms with Gasteiger partial charge in [-0.1, -0.05) is 48.0 Å². The van der Waals surface area contributed by atoms with Gasteiger partial charge in [0.2, 0.25) is 5.95 Å². The third-order valence-corrected chi connectivity index (χ3v) is 9.20. The molecule has 2 aromatic heterocycles. The number of nitrogens with one attached hydrogen (secondary N) is 4. The molecule has 1 fully saturated rings. The minimum atomic E-state index is -4.48. The summed E-state index contributed by atoms with van der Waals surface area (Å²) >= 11 is 6.80. The number of anilines is 2. The number of rotatable bonds is 10. The number of aryl methyl sites for hydroxylation is 1. The zero-order chi connectivity index (χ0) is 34.3. The summed E-state index contributed by atoms with van der Waals surface area (Å²) in [6, 6.07) is 19.6. The number of nitriles is 2. The molecule has 4 aromatic rings. The number of fused-ring (bicyclic) bond motifs is 1. The van der Waals surface area contributed by atoms with E-state index in [0.29, 0.717) is 45.7 Å². The second kappa shape index (κ2) is 12.5. The number of hydrogen-bond acceptors (Lipinski definition) is 9. The second-order valence-corrected chi connectivity index (χ2v) is 12.4. The number of hydrazine groups is 2. The van der Waals surface area contributed by atoms with Gasteiger partial charge in [0.1, 0.15) is 13.9 Å². The van der Waals surface area contributed by atoms with Gasteiger partial charge in [-0.15, -0.1) is 5.53 Å². The lowest BCUT2D eigenvalue weighted by Gasteiger charge is -2.35. The van der Waals surface area contributed by atoms with Crippen LogP contribution in [-0.2, 0) is 5.44 Å². The van der Waals surface area contributed by atoms with Gasteiger partial charge in [0.25, 0.3) is 0 Å². The number of aromatic nitrogens is 2. The highest BCUT2D eigenvalue weighted by molar-refractivity contribution is 6.36. The molecule has 2 atom stereocenters. The van der Waals surface area contributed by atoms with Crippen molar-refractivity contribution in [1.82, 2.24) is 25.9 Å². The van der Waals surface area contributed by atoms with Gasteiger partial charge in [0.15, 0.2) is 5.54 Å². The first-order valence-electron chi connectivity index (χ1n) is 15.1. The highest BCUT2D eigenvalue weighted by Gasteiger charge is 2.67. The number of pyridine rings is 2. The number of nitrogens with zero attached hydrogens (tertiary/aromatic N) is 5. The topological polar surface area (TPSA) is 125 Å². The Morgan fingerprint density at radius 2 is 1.90 bits per heavy atom. The van der Waals surface area contributed by atoms with Crippen molar-refractivity contribution in [1.29, 1.82) is 10.5 Å². The van der Waals surface area contributed by atoms with Crippen LogP contribution in [0.1, 0.15) is 54.1 Å². The lowest BCUT2D eigenvalue weighted by Crippen LogP contribution is -2.53. The van der Waals surface area contributed by atoms with E-state index in [4.69, 9.17) is 11.6 Å². The minimum absolute atomic E-state index is 0.0706. The SMILES string of the molecule is BC(Nc1cc(Cl)c2ncc(C#N)c(N[C@H](CCC#N)c3ccccc3)c2c1)(C1=CN(C2(C(F)(F)F)CC2)NN1)c1ccc(F)nc1C. The van der Waals surface area contributed by atoms with Gasteiger partial charge in [-0.05, 0) is 55.5 Å². The van der Waals surface area contributed by atoms with Crippen LogP contribution in [0, 0.1) is 35.5 Å². The number of halogens is 5. The van der Waals surface area contributed by atoms with Crippen LogP contribution in [0.25, 0.3) is 10.9 Å². The molecule has 0 amide bonds. The third kappa shape index (κ3) is 5.94. The lowest BCUT2D eigenvalue weighted by molar-refractivity contribution is -0.195. The summed E-state index contributed by atoms with van der Waals surface area (Å²) in [5.41, 5.74) is 5.78. The second-order valence-electron chi connectivity index (χ2n) is 12.0. The predicted octanol–water partition coefficient (Wildman–Crippen LogP) is 6.22. The molecule has 48 heavy (non-hydrogen) atoms. The van der Waals surface area contributed by atoms with E-state index in [9.17, 15) is 28.1 Å². The average molecular weight is 674 g/mol. The van der Waals surface area contributed by atoms with Crippen LogP contribution in [0.4, 0.5) is 28.9 Å². The number of alkyl halides is 3. The molecular formula is C33H29BClF4N9. The molecule has 0 spiro atoms. The summed E-state index contributed by atoms with van der Waals surface area (Å²) in [7, 11) is 1.74. The van der Waals surface area contributed by atoms with E-state index in [2.05, 4.69) is 43.7 Å². The molecule has 4 N–H and O–H groups in total. The zero-order valence-electron chi connectivity index (χ0n) is 25.9. The van der Waals surface area contributed by atoms with Crippen LogP contribution >= 0.6 is 11.6 Å². The number of benzene rings is 2. The van der Waals surface area contributed by atoms with E-state index in [1.165, 1.54) is 24.5 Å². The smallest absolute Gasteiger partial charge is 0.378 e. The van der Waals surface area contributed by atoms with Crippen molar-refractivity contribution >= 4 is 41.7 Å². The molecule has 15 heteroatoms. The van der Waals surface area contributed by atoms with E-state index in [0.717, 1.165) is 10.6 Å². The fourth-order valence-electron chi connectivity index (χ4n) is 6.17. The van der Waals surface area contributed by atoms with Gasteiger partial charge in [-0.3, -0.25) is 9.99 Å². The summed E-state index contributed by atoms with van der Waals surface area (Å²) in [5, 5.41) is 28.1. The highest BCUT2D eigenvalue weighted by atomic mass is 35.5. The van der Waals surface area contributed by atoms with Crippen LogP contribution in [0.15, 0.2) is 72.7 Å². The van der Waals surface area contributed by atoms with Crippen molar-refractivity contribution < 1.29 is 17.6 Å². The fraction of sp³-hybridized carbons (Fsp3) is 0.273. The first kappa shape index (κ1) is 32.9. The lowest BCUT2D eigenvalue weighted by atomic mass is 9.69. The van der Waals surface area contributed by atoms with E-state index >= 15 is 0 Å². The van der Waals surface area contributed by atoms with Gasteiger partial charge >= 0.3 is 6.18 Å². The Bertz CT molecular complexity index is 1990. The Labute approximate surface area is 280 Å². The Balaban J connectivity index is 1.46. The molecule has 1 aliphatic carbocycles. The van der Waals surface area contributed by atoms with E-state index in [1.807, 2.05) is 30.3 Å². The Hall–Kier alpha value is -5.05. The molecule has 1 aliphatic heterocycles. The molecule has 0 saturated heterocycles. The highest BCUT2D eigenvalue weighted by Crippen LogP contribution is 2.54. The molecular weight excluding hydrogens is 645 g/mol. The molecule has 0 radical (unpaired) electrons. The molecule has 1 unspecified atom stereocenters. The standard InChI is InChI=1S/C33H29BClF4N9/c1-19-24(9-10-28(36)43-19)32(34,27-18-48(47-46-27)31(11-12-31)33(37,38)39)45-22-14-23-29(21(16-41)17-42-30(23)25(35)15-22)44-26(8-5-13-40)20-6-3-2-4-7-20/h2-4,6-7,9-10,14-15,17-18,26,45-47H,5,8,11-12,34H2,1H3,(H,42,44)/t26-,32?/m1/s1. The maximum absolute atomic E-state index is 14.2. The number of hydrogen-bond donors (Lipinski definition) is 4. The minimum Gasteiger partial charge on any atom is -0.378 e. The predicted molar refractivity (Wildman–Crippen MR) is 176 cm³/mol. The maximum Gasteiger partial charge on any atom is 0.413 e. The van der Waals surface area contributed by atoms with Crippen molar-refractivity contribution in [3.63, 3.8) is 0 Å². The van der Waals surface area contributed by atoms with Crippen LogP contribution in [-0.4, -0.2) is 34.5 Å². The van der Waals surface area contributed by atoms with E-state index in [-0.39, 0.29) is 35.9 Å². The Morgan fingerprint density at radius 1 is 1.15 bits per heavy atom. The first-order chi connectivity index (χ1) is 22.9. The normalized spacial score (nSPS) is 17.0. The molecule has 0 bridgehead atoms. The third-order valence-electron chi connectivity index (χ3n) is 8.92. The maximum atomic E-state index is 14.2. The molecule has 3 heterocycles. The summed E-state index contributed by atoms with van der Waals surface area (Å²) in [6.07, 6.45) is -1.11. The molecule has 6 rings (SSSR count). The van der Waals surface area contributed by atoms with Gasteiger partial charge in [-0.2, -0.15) is 28.1 Å². The van der Waals surface area contributed by atoms with Gasteiger partial charge < -0.3 is 16.1 Å². The van der Waals surface area contributed by atoms with Gasteiger partial charge in [0.05, 0.1) is 45.0 Å². The summed E-state index contributed by atoms with van der Waals surface area (Å²) in [4.78, 5) is 8.43. The quantitative estimate of drug-likeness (QED) is 0.0883. The molecule has 1 saturated carbocycles. The largest absolute Gasteiger partial charge is 0.413 e. The zero-order valence-corrected chi connectivity index (χ0v) is 26.6. The van der Waals surface area contributed by atoms with Crippen LogP contribution in [0.2, 0.25) is 5.02 Å². The molecule has 9 nitrogen and oxygen atoms in total. The van der Waals surface area contributed by atoms with Gasteiger partial charge in [-0.25, -0.2) is 4.98 Å². The van der Waals surface area contributed by atoms with Crippen molar-refractivity contribution in [2.75, 3.05) is 10.6 Å². The molecule has 2 aliphatic rings. The average Bonchev–Trinajstić information content (AvgIpc) is 3.73. The van der Waals surface area contributed by atoms with Crippen molar-refractivity contribution in [3.05, 3.63) is 106 Å². The summed E-state index contributed by atoms with van der Waals surface area (Å²) < 4.78 is 56.3. The fourth-order valence-corrected chi connectivity index (χ4v) is 6.44. The van der Waals surface area contributed by atoms with E-state index < -0.39 is 23.1 Å². The molecule has 2 aromatic carbocycles. The van der Waals surface area contributed by atoms with Gasteiger partial charge in [0, 0.05) is 35.6 Å². The Kier molecular flexibility index (Phi) is 8.58. The van der Waals surface area contributed by atoms with Crippen molar-refractivity contribution in [3.8, 4) is 12.1 Å².